The molecule has 0 saturated heterocycles. The second kappa shape index (κ2) is 10.4. The minimum atomic E-state index is -3.95. The van der Waals surface area contributed by atoms with Crippen molar-refractivity contribution in [2.24, 2.45) is 0 Å². The van der Waals surface area contributed by atoms with E-state index >= 15 is 0 Å². The molecule has 32 heavy (non-hydrogen) atoms. The lowest BCUT2D eigenvalue weighted by atomic mass is 10.2. The number of methoxy groups -OCH3 is 1. The third-order valence-corrected chi connectivity index (χ3v) is 6.94. The molecule has 3 aromatic carbocycles. The standard InChI is InChI=1S/C24H25FN2O4S/c1-3-27(17-18-9-5-4-6-10-18)32(29,30)23-15-19(13-14-22(23)31-2)24(28)26-16-20-11-7-8-12-21(20)25/h4-15H,3,16-17H2,1-2H3,(H,26,28). The molecule has 168 valence electrons. The lowest BCUT2D eigenvalue weighted by molar-refractivity contribution is 0.0950. The van der Waals surface area contributed by atoms with Crippen molar-refractivity contribution in [2.45, 2.75) is 24.9 Å². The minimum Gasteiger partial charge on any atom is -0.495 e. The molecule has 3 aromatic rings. The highest BCUT2D eigenvalue weighted by Crippen LogP contribution is 2.29. The molecule has 1 N–H and O–H groups in total. The van der Waals surface area contributed by atoms with Crippen LogP contribution in [-0.2, 0) is 23.1 Å². The number of benzene rings is 3. The zero-order valence-corrected chi connectivity index (χ0v) is 18.7. The molecule has 0 atom stereocenters. The first kappa shape index (κ1) is 23.4. The Kier molecular flexibility index (Phi) is 7.61. The van der Waals surface area contributed by atoms with Gasteiger partial charge in [0.2, 0.25) is 10.0 Å². The molecule has 0 aliphatic carbocycles. The zero-order chi connectivity index (χ0) is 23.1. The van der Waals surface area contributed by atoms with Gasteiger partial charge in [0.05, 0.1) is 7.11 Å². The van der Waals surface area contributed by atoms with Crippen molar-refractivity contribution in [1.82, 2.24) is 9.62 Å². The summed E-state index contributed by atoms with van der Waals surface area (Å²) in [6.45, 7) is 2.16. The lowest BCUT2D eigenvalue weighted by Crippen LogP contribution is -2.31. The van der Waals surface area contributed by atoms with Crippen LogP contribution in [-0.4, -0.2) is 32.3 Å². The number of amides is 1. The van der Waals surface area contributed by atoms with Crippen LogP contribution in [0.4, 0.5) is 4.39 Å². The largest absolute Gasteiger partial charge is 0.495 e. The number of hydrogen-bond donors (Lipinski definition) is 1. The van der Waals surface area contributed by atoms with Crippen LogP contribution in [0.15, 0.2) is 77.7 Å². The van der Waals surface area contributed by atoms with Gasteiger partial charge in [-0.2, -0.15) is 4.31 Å². The number of carbonyl (C=O) groups is 1. The molecule has 0 aliphatic heterocycles. The van der Waals surface area contributed by atoms with E-state index in [2.05, 4.69) is 5.32 Å². The van der Waals surface area contributed by atoms with E-state index in [4.69, 9.17) is 4.74 Å². The van der Waals surface area contributed by atoms with Crippen molar-refractivity contribution >= 4 is 15.9 Å². The van der Waals surface area contributed by atoms with Crippen LogP contribution in [0.25, 0.3) is 0 Å². The van der Waals surface area contributed by atoms with Crippen LogP contribution in [0.1, 0.15) is 28.4 Å². The molecule has 3 rings (SSSR count). The van der Waals surface area contributed by atoms with E-state index in [1.807, 2.05) is 30.3 Å². The van der Waals surface area contributed by atoms with Gasteiger partial charge >= 0.3 is 0 Å². The quantitative estimate of drug-likeness (QED) is 0.529. The van der Waals surface area contributed by atoms with Gasteiger partial charge in [0, 0.05) is 30.8 Å². The number of sulfonamides is 1. The molecule has 0 bridgehead atoms. The predicted octanol–water partition coefficient (Wildman–Crippen LogP) is 3.98. The molecule has 0 aromatic heterocycles. The zero-order valence-electron chi connectivity index (χ0n) is 17.9. The van der Waals surface area contributed by atoms with Crippen molar-refractivity contribution in [2.75, 3.05) is 13.7 Å². The molecular weight excluding hydrogens is 431 g/mol. The number of nitrogens with one attached hydrogen (secondary N) is 1. The first-order valence-corrected chi connectivity index (χ1v) is 11.5. The maximum Gasteiger partial charge on any atom is 0.251 e. The molecule has 0 spiro atoms. The first-order valence-electron chi connectivity index (χ1n) is 10.1. The SMILES string of the molecule is CCN(Cc1ccccc1)S(=O)(=O)c1cc(C(=O)NCc2ccccc2F)ccc1OC. The van der Waals surface area contributed by atoms with Crippen molar-refractivity contribution < 1.29 is 22.3 Å². The van der Waals surface area contributed by atoms with E-state index in [0.717, 1.165) is 5.56 Å². The molecule has 0 heterocycles. The molecule has 0 fully saturated rings. The number of halogens is 1. The number of nitrogens with zero attached hydrogens (tertiary/aromatic N) is 1. The average Bonchev–Trinajstić information content (AvgIpc) is 2.82. The fourth-order valence-corrected chi connectivity index (χ4v) is 4.85. The molecule has 0 saturated carbocycles. The van der Waals surface area contributed by atoms with Crippen LogP contribution < -0.4 is 10.1 Å². The van der Waals surface area contributed by atoms with Crippen molar-refractivity contribution in [1.29, 1.82) is 0 Å². The third kappa shape index (κ3) is 5.33. The van der Waals surface area contributed by atoms with Crippen molar-refractivity contribution in [3.05, 3.63) is 95.3 Å². The minimum absolute atomic E-state index is 0.0191. The van der Waals surface area contributed by atoms with E-state index in [-0.39, 0.29) is 35.8 Å². The topological polar surface area (TPSA) is 75.7 Å². The molecule has 8 heteroatoms. The number of ether oxygens (including phenoxy) is 1. The van der Waals surface area contributed by atoms with E-state index < -0.39 is 21.7 Å². The smallest absolute Gasteiger partial charge is 0.251 e. The summed E-state index contributed by atoms with van der Waals surface area (Å²) >= 11 is 0. The number of rotatable bonds is 9. The molecule has 0 unspecified atom stereocenters. The van der Waals surface area contributed by atoms with Gasteiger partial charge in [0.15, 0.2) is 0 Å². The summed E-state index contributed by atoms with van der Waals surface area (Å²) in [7, 11) is -2.58. The Balaban J connectivity index is 1.87. The van der Waals surface area contributed by atoms with Crippen LogP contribution >= 0.6 is 0 Å². The average molecular weight is 457 g/mol. The van der Waals surface area contributed by atoms with Crippen LogP contribution in [0.3, 0.4) is 0 Å². The Morgan fingerprint density at radius 2 is 1.72 bits per heavy atom. The Morgan fingerprint density at radius 1 is 1.03 bits per heavy atom. The normalized spacial score (nSPS) is 11.4. The Labute approximate surface area is 187 Å². The number of carbonyl (C=O) groups excluding carboxylic acids is 1. The fourth-order valence-electron chi connectivity index (χ4n) is 3.23. The molecular formula is C24H25FN2O4S. The van der Waals surface area contributed by atoms with Crippen molar-refractivity contribution in [3.63, 3.8) is 0 Å². The van der Waals surface area contributed by atoms with Gasteiger partial charge < -0.3 is 10.1 Å². The summed E-state index contributed by atoms with van der Waals surface area (Å²) < 4.78 is 47.2. The Hall–Kier alpha value is -3.23. The van der Waals surface area contributed by atoms with Gasteiger partial charge in [-0.25, -0.2) is 12.8 Å². The van der Waals surface area contributed by atoms with E-state index in [1.54, 1.807) is 25.1 Å². The van der Waals surface area contributed by atoms with E-state index in [9.17, 15) is 17.6 Å². The third-order valence-electron chi connectivity index (χ3n) is 5.00. The van der Waals surface area contributed by atoms with Gasteiger partial charge in [-0.1, -0.05) is 55.5 Å². The van der Waals surface area contributed by atoms with Gasteiger partial charge in [-0.15, -0.1) is 0 Å². The number of hydrogen-bond acceptors (Lipinski definition) is 4. The maximum absolute atomic E-state index is 13.8. The Morgan fingerprint density at radius 3 is 2.38 bits per heavy atom. The van der Waals surface area contributed by atoms with Crippen LogP contribution in [0.2, 0.25) is 0 Å². The van der Waals surface area contributed by atoms with E-state index in [1.165, 1.54) is 35.7 Å². The van der Waals surface area contributed by atoms with Crippen LogP contribution in [0.5, 0.6) is 5.75 Å². The summed E-state index contributed by atoms with van der Waals surface area (Å²) in [6.07, 6.45) is 0. The van der Waals surface area contributed by atoms with E-state index in [0.29, 0.717) is 5.56 Å². The monoisotopic (exact) mass is 456 g/mol. The summed E-state index contributed by atoms with van der Waals surface area (Å²) in [5.74, 6) is -0.800. The van der Waals surface area contributed by atoms with Gasteiger partial charge in [-0.05, 0) is 29.8 Å². The first-order chi connectivity index (χ1) is 15.4. The molecule has 0 aliphatic rings. The maximum atomic E-state index is 13.8. The summed E-state index contributed by atoms with van der Waals surface area (Å²) in [6, 6.07) is 19.6. The van der Waals surface area contributed by atoms with Gasteiger partial charge in [0.1, 0.15) is 16.5 Å². The summed E-state index contributed by atoms with van der Waals surface area (Å²) in [4.78, 5) is 12.6. The highest BCUT2D eigenvalue weighted by atomic mass is 32.2. The van der Waals surface area contributed by atoms with Crippen LogP contribution in [0, 0.1) is 5.82 Å². The lowest BCUT2D eigenvalue weighted by Gasteiger charge is -2.22. The second-order valence-corrected chi connectivity index (χ2v) is 8.96. The fraction of sp³-hybridized carbons (Fsp3) is 0.208. The van der Waals surface area contributed by atoms with Gasteiger partial charge in [-0.3, -0.25) is 4.79 Å². The highest BCUT2D eigenvalue weighted by Gasteiger charge is 2.28. The molecule has 0 radical (unpaired) electrons. The second-order valence-electron chi connectivity index (χ2n) is 7.06. The van der Waals surface area contributed by atoms with Crippen molar-refractivity contribution in [3.8, 4) is 5.75 Å². The Bertz CT molecular complexity index is 1180. The summed E-state index contributed by atoms with van der Waals surface area (Å²) in [5, 5.41) is 2.63. The van der Waals surface area contributed by atoms with Gasteiger partial charge in [0.25, 0.3) is 5.91 Å². The summed E-state index contributed by atoms with van der Waals surface area (Å²) in [5.41, 5.74) is 1.31. The molecule has 6 nitrogen and oxygen atoms in total. The predicted molar refractivity (Wildman–Crippen MR) is 120 cm³/mol. The molecule has 1 amide bonds. The highest BCUT2D eigenvalue weighted by molar-refractivity contribution is 7.89.